The van der Waals surface area contributed by atoms with Crippen LogP contribution < -0.4 is 9.64 Å². The lowest BCUT2D eigenvalue weighted by Gasteiger charge is -2.23. The Morgan fingerprint density at radius 3 is 2.92 bits per heavy atom. The summed E-state index contributed by atoms with van der Waals surface area (Å²) in [5.74, 6) is 2.89. The number of rotatable bonds is 5. The van der Waals surface area contributed by atoms with Gasteiger partial charge in [0.2, 0.25) is 11.8 Å². The van der Waals surface area contributed by atoms with Gasteiger partial charge in [0.25, 0.3) is 0 Å². The van der Waals surface area contributed by atoms with Gasteiger partial charge in [-0.1, -0.05) is 0 Å². The summed E-state index contributed by atoms with van der Waals surface area (Å²) in [5, 5.41) is 0. The third-order valence-electron chi connectivity index (χ3n) is 5.10. The molecule has 3 saturated heterocycles. The zero-order valence-corrected chi connectivity index (χ0v) is 15.6. The van der Waals surface area contributed by atoms with Crippen LogP contribution in [-0.2, 0) is 9.59 Å². The molecular weight excluding hydrogens is 352 g/mol. The van der Waals surface area contributed by atoms with Crippen molar-refractivity contribution in [2.45, 2.75) is 25.4 Å². The van der Waals surface area contributed by atoms with Crippen molar-refractivity contribution >= 4 is 29.4 Å². The van der Waals surface area contributed by atoms with Crippen LogP contribution in [0, 0.1) is 0 Å². The monoisotopic (exact) mass is 376 g/mol. The number of pyridine rings is 1. The van der Waals surface area contributed by atoms with E-state index in [1.165, 1.54) is 12.8 Å². The van der Waals surface area contributed by atoms with Crippen LogP contribution in [-0.4, -0.2) is 77.1 Å². The van der Waals surface area contributed by atoms with Crippen molar-refractivity contribution in [3.8, 4) is 5.75 Å². The van der Waals surface area contributed by atoms with Gasteiger partial charge in [0, 0.05) is 32.3 Å². The van der Waals surface area contributed by atoms with Crippen LogP contribution in [0.25, 0.3) is 0 Å². The van der Waals surface area contributed by atoms with Gasteiger partial charge in [-0.3, -0.25) is 9.59 Å². The van der Waals surface area contributed by atoms with Crippen LogP contribution >= 0.6 is 11.8 Å². The molecule has 0 aromatic carbocycles. The van der Waals surface area contributed by atoms with E-state index in [0.29, 0.717) is 24.7 Å². The molecule has 4 rings (SSSR count). The van der Waals surface area contributed by atoms with Crippen molar-refractivity contribution in [2.75, 3.05) is 49.3 Å². The normalized spacial score (nSPS) is 23.2. The van der Waals surface area contributed by atoms with Gasteiger partial charge in [0.15, 0.2) is 11.6 Å². The Labute approximate surface area is 157 Å². The summed E-state index contributed by atoms with van der Waals surface area (Å²) >= 11 is 1.56. The molecule has 0 radical (unpaired) electrons. The minimum atomic E-state index is -0.0202. The molecule has 3 aliphatic rings. The fourth-order valence-electron chi connectivity index (χ4n) is 3.67. The molecular formula is C18H24N4O3S. The second kappa shape index (κ2) is 7.73. The van der Waals surface area contributed by atoms with Gasteiger partial charge >= 0.3 is 0 Å². The maximum atomic E-state index is 12.5. The fraction of sp³-hybridized carbons (Fsp3) is 0.611. The molecule has 0 N–H and O–H groups in total. The Balaban J connectivity index is 1.34. The summed E-state index contributed by atoms with van der Waals surface area (Å²) in [5.41, 5.74) is 0. The first-order valence-corrected chi connectivity index (χ1v) is 10.4. The molecule has 1 unspecified atom stereocenters. The van der Waals surface area contributed by atoms with Crippen molar-refractivity contribution in [3.63, 3.8) is 0 Å². The Kier molecular flexibility index (Phi) is 5.19. The SMILES string of the molecule is O=C1CSCN1CC(=O)N1CCC(Oc2cccnc2N2CCCC2)C1. The van der Waals surface area contributed by atoms with Crippen LogP contribution in [0.4, 0.5) is 5.82 Å². The molecule has 2 amide bonds. The zero-order valence-electron chi connectivity index (χ0n) is 14.8. The average molecular weight is 376 g/mol. The van der Waals surface area contributed by atoms with Crippen molar-refractivity contribution in [1.29, 1.82) is 0 Å². The van der Waals surface area contributed by atoms with Gasteiger partial charge in [-0.2, -0.15) is 0 Å². The Bertz CT molecular complexity index is 680. The number of carbonyl (C=O) groups excluding carboxylic acids is 2. The molecule has 1 atom stereocenters. The molecule has 26 heavy (non-hydrogen) atoms. The van der Waals surface area contributed by atoms with Crippen molar-refractivity contribution in [1.82, 2.24) is 14.8 Å². The number of nitrogens with zero attached hydrogens (tertiary/aromatic N) is 4. The number of aromatic nitrogens is 1. The van der Waals surface area contributed by atoms with E-state index >= 15 is 0 Å². The van der Waals surface area contributed by atoms with Gasteiger partial charge in [-0.05, 0) is 25.0 Å². The highest BCUT2D eigenvalue weighted by Crippen LogP contribution is 2.30. The molecule has 0 saturated carbocycles. The number of hydrogen-bond acceptors (Lipinski definition) is 6. The summed E-state index contributed by atoms with van der Waals surface area (Å²) in [6.07, 6.45) is 4.97. The van der Waals surface area contributed by atoms with Gasteiger partial charge in [-0.25, -0.2) is 4.98 Å². The second-order valence-corrected chi connectivity index (χ2v) is 7.91. The van der Waals surface area contributed by atoms with E-state index in [4.69, 9.17) is 4.74 Å². The predicted molar refractivity (Wildman–Crippen MR) is 100 cm³/mol. The first-order chi connectivity index (χ1) is 12.7. The van der Waals surface area contributed by atoms with E-state index in [2.05, 4.69) is 9.88 Å². The van der Waals surface area contributed by atoms with E-state index < -0.39 is 0 Å². The van der Waals surface area contributed by atoms with Crippen LogP contribution in [0.1, 0.15) is 19.3 Å². The van der Waals surface area contributed by atoms with Crippen LogP contribution in [0.5, 0.6) is 5.75 Å². The Hall–Kier alpha value is -1.96. The summed E-state index contributed by atoms with van der Waals surface area (Å²) in [6.45, 7) is 3.47. The maximum Gasteiger partial charge on any atom is 0.242 e. The lowest BCUT2D eigenvalue weighted by atomic mass is 10.3. The van der Waals surface area contributed by atoms with E-state index in [0.717, 1.165) is 31.1 Å². The summed E-state index contributed by atoms with van der Waals surface area (Å²) in [7, 11) is 0. The molecule has 3 fully saturated rings. The zero-order chi connectivity index (χ0) is 17.9. The lowest BCUT2D eigenvalue weighted by molar-refractivity contribution is -0.137. The highest BCUT2D eigenvalue weighted by molar-refractivity contribution is 8.00. The highest BCUT2D eigenvalue weighted by Gasteiger charge is 2.31. The number of anilines is 1. The van der Waals surface area contributed by atoms with E-state index in [1.54, 1.807) is 22.9 Å². The van der Waals surface area contributed by atoms with Crippen LogP contribution in [0.15, 0.2) is 18.3 Å². The molecule has 1 aromatic heterocycles. The van der Waals surface area contributed by atoms with Crippen molar-refractivity contribution < 1.29 is 14.3 Å². The molecule has 0 bridgehead atoms. The number of thioether (sulfide) groups is 1. The Morgan fingerprint density at radius 1 is 1.31 bits per heavy atom. The minimum Gasteiger partial charge on any atom is -0.485 e. The largest absolute Gasteiger partial charge is 0.485 e. The number of amides is 2. The third kappa shape index (κ3) is 3.75. The van der Waals surface area contributed by atoms with E-state index in [9.17, 15) is 9.59 Å². The van der Waals surface area contributed by atoms with Crippen LogP contribution in [0.2, 0.25) is 0 Å². The molecule has 8 heteroatoms. The fourth-order valence-corrected chi connectivity index (χ4v) is 4.58. The van der Waals surface area contributed by atoms with Gasteiger partial charge in [0.05, 0.1) is 18.2 Å². The van der Waals surface area contributed by atoms with E-state index in [1.807, 2.05) is 17.0 Å². The number of carbonyl (C=O) groups is 2. The number of ether oxygens (including phenoxy) is 1. The average Bonchev–Trinajstić information content (AvgIpc) is 3.39. The van der Waals surface area contributed by atoms with Crippen LogP contribution in [0.3, 0.4) is 0 Å². The first kappa shape index (κ1) is 17.5. The summed E-state index contributed by atoms with van der Waals surface area (Å²) in [6, 6.07) is 3.86. The number of hydrogen-bond donors (Lipinski definition) is 0. The quantitative estimate of drug-likeness (QED) is 0.769. The molecule has 7 nitrogen and oxygen atoms in total. The second-order valence-electron chi connectivity index (χ2n) is 6.96. The molecule has 1 aromatic rings. The standard InChI is InChI=1S/C18H24N4O3S/c23-16(11-22-13-26-12-17(22)24)21-9-5-14(10-21)25-15-4-3-6-19-18(15)20-7-1-2-8-20/h3-4,6,14H,1-2,5,7-13H2. The van der Waals surface area contributed by atoms with Gasteiger partial charge in [-0.15, -0.1) is 11.8 Å². The lowest BCUT2D eigenvalue weighted by Crippen LogP contribution is -2.40. The maximum absolute atomic E-state index is 12.5. The van der Waals surface area contributed by atoms with E-state index in [-0.39, 0.29) is 24.5 Å². The Morgan fingerprint density at radius 2 is 2.15 bits per heavy atom. The number of likely N-dealkylation sites (tertiary alicyclic amines) is 1. The molecule has 0 aliphatic carbocycles. The highest BCUT2D eigenvalue weighted by atomic mass is 32.2. The molecule has 0 spiro atoms. The molecule has 4 heterocycles. The first-order valence-electron chi connectivity index (χ1n) is 9.20. The summed E-state index contributed by atoms with van der Waals surface area (Å²) < 4.78 is 6.21. The third-order valence-corrected chi connectivity index (χ3v) is 6.04. The topological polar surface area (TPSA) is 66.0 Å². The molecule has 140 valence electrons. The molecule has 3 aliphatic heterocycles. The van der Waals surface area contributed by atoms with Crippen molar-refractivity contribution in [3.05, 3.63) is 18.3 Å². The van der Waals surface area contributed by atoms with Crippen molar-refractivity contribution in [2.24, 2.45) is 0 Å². The predicted octanol–water partition coefficient (Wildman–Crippen LogP) is 1.19. The smallest absolute Gasteiger partial charge is 0.242 e. The minimum absolute atomic E-state index is 0.0119. The summed E-state index contributed by atoms with van der Waals surface area (Å²) in [4.78, 5) is 34.4. The van der Waals surface area contributed by atoms with Gasteiger partial charge in [0.1, 0.15) is 12.6 Å². The van der Waals surface area contributed by atoms with Gasteiger partial charge < -0.3 is 19.4 Å².